The van der Waals surface area contributed by atoms with Crippen molar-refractivity contribution in [1.29, 1.82) is 0 Å². The molecule has 2 aliphatic rings. The zero-order chi connectivity index (χ0) is 25.2. The van der Waals surface area contributed by atoms with Crippen LogP contribution in [-0.4, -0.2) is 69.2 Å². The van der Waals surface area contributed by atoms with Crippen LogP contribution in [0.3, 0.4) is 0 Å². The fraction of sp³-hybridized carbons (Fsp3) is 0.296. The van der Waals surface area contributed by atoms with Crippen LogP contribution in [0.15, 0.2) is 70.4 Å². The Balaban J connectivity index is 1.08. The molecule has 1 fully saturated rings. The van der Waals surface area contributed by atoms with E-state index in [-0.39, 0.29) is 12.7 Å². The summed E-state index contributed by atoms with van der Waals surface area (Å²) in [4.78, 5) is 17.4. The first-order valence-electron chi connectivity index (χ1n) is 12.2. The van der Waals surface area contributed by atoms with Crippen molar-refractivity contribution in [2.75, 3.05) is 38.7 Å². The summed E-state index contributed by atoms with van der Waals surface area (Å²) in [5, 5.41) is 9.42. The van der Waals surface area contributed by atoms with E-state index in [9.17, 15) is 4.79 Å². The van der Waals surface area contributed by atoms with Crippen molar-refractivity contribution >= 4 is 17.7 Å². The lowest BCUT2D eigenvalue weighted by Gasteiger charge is -2.34. The Labute approximate surface area is 219 Å². The average Bonchev–Trinajstić information content (AvgIpc) is 3.69. The standard InChI is InChI=1S/C27H27N5O4S/c1-19-4-7-21(8-5-19)32-26(23-3-2-14-34-23)28-29-27(32)37-17-25(33)31-12-10-30(11-13-31)16-20-6-9-22-24(15-20)36-18-35-22/h2-9,14-15H,10-13,16-18H2,1H3. The number of nitrogens with zero attached hydrogens (tertiary/aromatic N) is 5. The van der Waals surface area contributed by atoms with Gasteiger partial charge in [-0.05, 0) is 48.9 Å². The Morgan fingerprint density at radius 3 is 2.57 bits per heavy atom. The maximum atomic E-state index is 13.1. The molecule has 190 valence electrons. The van der Waals surface area contributed by atoms with E-state index in [0.717, 1.165) is 36.8 Å². The molecule has 9 nitrogen and oxygen atoms in total. The number of benzene rings is 2. The molecule has 1 saturated heterocycles. The predicted molar refractivity (Wildman–Crippen MR) is 139 cm³/mol. The van der Waals surface area contributed by atoms with Gasteiger partial charge in [-0.1, -0.05) is 35.5 Å². The van der Waals surface area contributed by atoms with Gasteiger partial charge in [-0.2, -0.15) is 0 Å². The largest absolute Gasteiger partial charge is 0.461 e. The van der Waals surface area contributed by atoms with Crippen LogP contribution in [-0.2, 0) is 11.3 Å². The van der Waals surface area contributed by atoms with E-state index >= 15 is 0 Å². The average molecular weight is 518 g/mol. The Bertz CT molecular complexity index is 1380. The lowest BCUT2D eigenvalue weighted by atomic mass is 10.1. The second-order valence-electron chi connectivity index (χ2n) is 9.09. The highest BCUT2D eigenvalue weighted by Crippen LogP contribution is 2.33. The third-order valence-electron chi connectivity index (χ3n) is 6.56. The van der Waals surface area contributed by atoms with Crippen molar-refractivity contribution in [3.8, 4) is 28.8 Å². The molecular formula is C27H27N5O4S. The van der Waals surface area contributed by atoms with Gasteiger partial charge in [0, 0.05) is 38.4 Å². The molecule has 4 heterocycles. The number of aryl methyl sites for hydroxylation is 1. The second kappa shape index (κ2) is 10.3. The minimum absolute atomic E-state index is 0.103. The van der Waals surface area contributed by atoms with Crippen LogP contribution in [0.5, 0.6) is 11.5 Å². The Hall–Kier alpha value is -3.76. The maximum absolute atomic E-state index is 13.1. The predicted octanol–water partition coefficient (Wildman–Crippen LogP) is 4.00. The Morgan fingerprint density at radius 1 is 0.973 bits per heavy atom. The van der Waals surface area contributed by atoms with Crippen molar-refractivity contribution in [3.63, 3.8) is 0 Å². The zero-order valence-corrected chi connectivity index (χ0v) is 21.3. The fourth-order valence-electron chi connectivity index (χ4n) is 4.53. The van der Waals surface area contributed by atoms with Crippen molar-refractivity contribution < 1.29 is 18.7 Å². The number of hydrogen-bond acceptors (Lipinski definition) is 8. The molecule has 0 N–H and O–H groups in total. The van der Waals surface area contributed by atoms with Crippen LogP contribution < -0.4 is 9.47 Å². The highest BCUT2D eigenvalue weighted by atomic mass is 32.2. The number of rotatable bonds is 7. The van der Waals surface area contributed by atoms with E-state index in [4.69, 9.17) is 13.9 Å². The van der Waals surface area contributed by atoms with Gasteiger partial charge in [0.15, 0.2) is 22.4 Å². The lowest BCUT2D eigenvalue weighted by Crippen LogP contribution is -2.48. The van der Waals surface area contributed by atoms with Crippen molar-refractivity contribution in [2.24, 2.45) is 0 Å². The summed E-state index contributed by atoms with van der Waals surface area (Å²) in [7, 11) is 0. The molecular weight excluding hydrogens is 490 g/mol. The van der Waals surface area contributed by atoms with Crippen molar-refractivity contribution in [1.82, 2.24) is 24.6 Å². The Kier molecular flexibility index (Phi) is 6.58. The summed E-state index contributed by atoms with van der Waals surface area (Å²) in [5.41, 5.74) is 3.27. The van der Waals surface area contributed by atoms with Gasteiger partial charge in [0.05, 0.1) is 12.0 Å². The molecule has 2 aromatic carbocycles. The van der Waals surface area contributed by atoms with Gasteiger partial charge in [-0.15, -0.1) is 10.2 Å². The molecule has 1 amide bonds. The first-order chi connectivity index (χ1) is 18.1. The van der Waals surface area contributed by atoms with E-state index in [1.54, 1.807) is 6.26 Å². The van der Waals surface area contributed by atoms with Gasteiger partial charge in [-0.25, -0.2) is 0 Å². The van der Waals surface area contributed by atoms with Crippen LogP contribution in [0, 0.1) is 6.92 Å². The summed E-state index contributed by atoms with van der Waals surface area (Å²) >= 11 is 1.40. The lowest BCUT2D eigenvalue weighted by molar-refractivity contribution is -0.130. The third-order valence-corrected chi connectivity index (χ3v) is 7.47. The summed E-state index contributed by atoms with van der Waals surface area (Å²) in [6.07, 6.45) is 1.62. The van der Waals surface area contributed by atoms with E-state index in [1.165, 1.54) is 22.9 Å². The Morgan fingerprint density at radius 2 is 1.78 bits per heavy atom. The first kappa shape index (κ1) is 23.6. The smallest absolute Gasteiger partial charge is 0.233 e. The molecule has 37 heavy (non-hydrogen) atoms. The summed E-state index contributed by atoms with van der Waals surface area (Å²) in [6, 6.07) is 17.9. The number of aromatic nitrogens is 3. The number of furan rings is 1. The quantitative estimate of drug-likeness (QED) is 0.340. The summed E-state index contributed by atoms with van der Waals surface area (Å²) in [5.74, 6) is 3.24. The van der Waals surface area contributed by atoms with Crippen molar-refractivity contribution in [2.45, 2.75) is 18.6 Å². The van der Waals surface area contributed by atoms with Crippen LogP contribution in [0.2, 0.25) is 0 Å². The van der Waals surface area contributed by atoms with Crippen LogP contribution in [0.25, 0.3) is 17.3 Å². The van der Waals surface area contributed by atoms with Crippen molar-refractivity contribution in [3.05, 3.63) is 72.0 Å². The molecule has 2 aliphatic heterocycles. The molecule has 0 radical (unpaired) electrons. The van der Waals surface area contributed by atoms with E-state index in [2.05, 4.69) is 21.2 Å². The number of ether oxygens (including phenoxy) is 2. The molecule has 4 aromatic rings. The minimum Gasteiger partial charge on any atom is -0.461 e. The number of amides is 1. The molecule has 0 atom stereocenters. The van der Waals surface area contributed by atoms with Gasteiger partial charge >= 0.3 is 0 Å². The number of thioether (sulfide) groups is 1. The minimum atomic E-state index is 0.103. The number of piperazine rings is 1. The molecule has 10 heteroatoms. The van der Waals surface area contributed by atoms with Gasteiger partial charge in [0.25, 0.3) is 0 Å². The first-order valence-corrected chi connectivity index (χ1v) is 13.2. The molecule has 0 spiro atoms. The fourth-order valence-corrected chi connectivity index (χ4v) is 5.38. The third kappa shape index (κ3) is 5.07. The molecule has 6 rings (SSSR count). The van der Waals surface area contributed by atoms with Crippen LogP contribution in [0.1, 0.15) is 11.1 Å². The molecule has 2 aromatic heterocycles. The van der Waals surface area contributed by atoms with Gasteiger partial charge in [-0.3, -0.25) is 14.3 Å². The summed E-state index contributed by atoms with van der Waals surface area (Å²) < 4.78 is 18.4. The summed E-state index contributed by atoms with van der Waals surface area (Å²) in [6.45, 7) is 6.21. The normalized spacial score (nSPS) is 15.3. The number of hydrogen-bond donors (Lipinski definition) is 0. The van der Waals surface area contributed by atoms with E-state index in [1.807, 2.05) is 64.9 Å². The highest BCUT2D eigenvalue weighted by Gasteiger charge is 2.24. The van der Waals surface area contributed by atoms with Gasteiger partial charge in [0.1, 0.15) is 0 Å². The zero-order valence-electron chi connectivity index (χ0n) is 20.5. The number of carbonyl (C=O) groups is 1. The number of fused-ring (bicyclic) bond motifs is 1. The maximum Gasteiger partial charge on any atom is 0.233 e. The van der Waals surface area contributed by atoms with E-state index in [0.29, 0.717) is 35.6 Å². The van der Waals surface area contributed by atoms with Crippen LogP contribution in [0.4, 0.5) is 0 Å². The molecule has 0 bridgehead atoms. The number of carbonyl (C=O) groups excluding carboxylic acids is 1. The van der Waals surface area contributed by atoms with E-state index < -0.39 is 0 Å². The topological polar surface area (TPSA) is 85.9 Å². The molecule has 0 saturated carbocycles. The van der Waals surface area contributed by atoms with Gasteiger partial charge in [0.2, 0.25) is 18.5 Å². The molecule has 0 unspecified atom stereocenters. The second-order valence-corrected chi connectivity index (χ2v) is 10.0. The highest BCUT2D eigenvalue weighted by molar-refractivity contribution is 7.99. The van der Waals surface area contributed by atoms with Gasteiger partial charge < -0.3 is 18.8 Å². The monoisotopic (exact) mass is 517 g/mol. The SMILES string of the molecule is Cc1ccc(-n2c(SCC(=O)N3CCN(Cc4ccc5c(c4)OCO5)CC3)nnc2-c2ccco2)cc1. The van der Waals surface area contributed by atoms with Crippen LogP contribution >= 0.6 is 11.8 Å². The molecule has 0 aliphatic carbocycles.